The van der Waals surface area contributed by atoms with Crippen molar-refractivity contribution in [2.45, 2.75) is 50.4 Å². The molecule has 1 aliphatic rings. The van der Waals surface area contributed by atoms with E-state index >= 15 is 0 Å². The molecule has 5 N–H and O–H groups in total. The Labute approximate surface area is 256 Å². The summed E-state index contributed by atoms with van der Waals surface area (Å²) in [6, 6.07) is 19.7. The number of nitrogens with two attached hydrogens (primary N) is 1. The quantitative estimate of drug-likeness (QED) is 0.159. The number of nitrogen functional groups attached to an aromatic ring is 1. The van der Waals surface area contributed by atoms with E-state index in [-0.39, 0.29) is 40.4 Å². The van der Waals surface area contributed by atoms with E-state index in [9.17, 15) is 19.5 Å². The number of amides is 3. The zero-order chi connectivity index (χ0) is 31.1. The zero-order valence-electron chi connectivity index (χ0n) is 24.3. The number of aliphatic hydroxyl groups excluding tert-OH is 1. The summed E-state index contributed by atoms with van der Waals surface area (Å²) < 4.78 is 0. The molecule has 1 fully saturated rings. The van der Waals surface area contributed by atoms with E-state index in [0.29, 0.717) is 6.54 Å². The molecule has 1 heterocycles. The van der Waals surface area contributed by atoms with Gasteiger partial charge in [-0.2, -0.15) is 0 Å². The maximum Gasteiger partial charge on any atom is 0.255 e. The van der Waals surface area contributed by atoms with E-state index in [0.717, 1.165) is 22.9 Å². The van der Waals surface area contributed by atoms with Crippen molar-refractivity contribution in [3.63, 3.8) is 0 Å². The number of aliphatic hydroxyl groups is 1. The second kappa shape index (κ2) is 14.2. The Bertz CT molecular complexity index is 1500. The highest BCUT2D eigenvalue weighted by Gasteiger charge is 2.41. The van der Waals surface area contributed by atoms with Gasteiger partial charge in [0.25, 0.3) is 17.7 Å². The van der Waals surface area contributed by atoms with Crippen LogP contribution in [0.4, 0.5) is 5.69 Å². The van der Waals surface area contributed by atoms with Gasteiger partial charge in [0.05, 0.1) is 22.9 Å². The lowest BCUT2D eigenvalue weighted by atomic mass is 9.98. The van der Waals surface area contributed by atoms with Crippen molar-refractivity contribution in [1.29, 1.82) is 5.41 Å². The average Bonchev–Trinajstić information content (AvgIpc) is 3.12. The van der Waals surface area contributed by atoms with Gasteiger partial charge in [0, 0.05) is 24.0 Å². The van der Waals surface area contributed by atoms with E-state index in [1.165, 1.54) is 28.8 Å². The largest absolute Gasteiger partial charge is 0.398 e. The SMILES string of the molecule is C=C[C@H]1C(=O)N(Cc2ccccc2C)C(C)SCN1C(=O)[C@@H](O)C(Cc1ccccc1)NC(=O)c1cccc(N)c1C=N. The minimum atomic E-state index is -1.68. The Morgan fingerprint density at radius 3 is 2.51 bits per heavy atom. The van der Waals surface area contributed by atoms with Crippen LogP contribution >= 0.6 is 11.8 Å². The standard InChI is InChI=1S/C33H37N5O4S/c1-4-29-32(41)37(19-24-14-9-8-11-21(24)2)22(3)43-20-38(29)33(42)30(39)28(17-23-12-6-5-7-13-23)36-31(40)25-15-10-16-27(35)26(25)18-34/h4-16,18,22,28-30,34,39H,1,17,19-20,35H2,2-3H3,(H,36,40)/t22?,28?,29-,30-/m0/s1. The maximum absolute atomic E-state index is 14.0. The molecule has 0 spiro atoms. The predicted molar refractivity (Wildman–Crippen MR) is 171 cm³/mol. The molecule has 1 aliphatic heterocycles. The molecular formula is C33H37N5O4S. The van der Waals surface area contributed by atoms with Gasteiger partial charge < -0.3 is 31.4 Å². The molecule has 2 unspecified atom stereocenters. The van der Waals surface area contributed by atoms with E-state index in [1.807, 2.05) is 68.4 Å². The number of rotatable bonds is 10. The van der Waals surface area contributed by atoms with Crippen LogP contribution in [0.25, 0.3) is 0 Å². The Balaban J connectivity index is 1.61. The van der Waals surface area contributed by atoms with Crippen molar-refractivity contribution in [1.82, 2.24) is 15.1 Å². The van der Waals surface area contributed by atoms with Crippen molar-refractivity contribution >= 4 is 41.4 Å². The number of benzene rings is 3. The fourth-order valence-corrected chi connectivity index (χ4v) is 6.11. The first-order chi connectivity index (χ1) is 20.7. The number of carbonyl (C=O) groups is 3. The van der Waals surface area contributed by atoms with Crippen LogP contribution in [0.3, 0.4) is 0 Å². The van der Waals surface area contributed by atoms with Gasteiger partial charge in [-0.05, 0) is 49.1 Å². The smallest absolute Gasteiger partial charge is 0.255 e. The van der Waals surface area contributed by atoms with Gasteiger partial charge in [0.2, 0.25) is 0 Å². The number of nitrogens with zero attached hydrogens (tertiary/aromatic N) is 2. The predicted octanol–water partition coefficient (Wildman–Crippen LogP) is 3.74. The average molecular weight is 600 g/mol. The molecule has 3 aromatic carbocycles. The van der Waals surface area contributed by atoms with Gasteiger partial charge >= 0.3 is 0 Å². The van der Waals surface area contributed by atoms with Crippen LogP contribution in [0.1, 0.15) is 39.5 Å². The number of nitrogens with one attached hydrogen (secondary N) is 2. The molecule has 0 aliphatic carbocycles. The first-order valence-corrected chi connectivity index (χ1v) is 15.0. The second-order valence-electron chi connectivity index (χ2n) is 10.4. The van der Waals surface area contributed by atoms with E-state index in [1.54, 1.807) is 17.0 Å². The van der Waals surface area contributed by atoms with Crippen molar-refractivity contribution in [3.8, 4) is 0 Å². The molecular weight excluding hydrogens is 562 g/mol. The third-order valence-corrected chi connectivity index (χ3v) is 8.82. The maximum atomic E-state index is 14.0. The molecule has 1 saturated heterocycles. The van der Waals surface area contributed by atoms with Gasteiger partial charge in [0.1, 0.15) is 6.04 Å². The second-order valence-corrected chi connectivity index (χ2v) is 11.7. The molecule has 3 amide bonds. The van der Waals surface area contributed by atoms with Gasteiger partial charge in [0.15, 0.2) is 6.10 Å². The summed E-state index contributed by atoms with van der Waals surface area (Å²) in [4.78, 5) is 44.2. The first kappa shape index (κ1) is 31.5. The topological polar surface area (TPSA) is 140 Å². The summed E-state index contributed by atoms with van der Waals surface area (Å²) >= 11 is 1.41. The van der Waals surface area contributed by atoms with Gasteiger partial charge in [-0.1, -0.05) is 66.7 Å². The summed E-state index contributed by atoms with van der Waals surface area (Å²) in [6.07, 6.45) is 0.884. The summed E-state index contributed by atoms with van der Waals surface area (Å²) in [5.74, 6) is -1.44. The van der Waals surface area contributed by atoms with Crippen LogP contribution in [0, 0.1) is 12.3 Å². The Kier molecular flexibility index (Phi) is 10.4. The number of hydrogen-bond acceptors (Lipinski definition) is 7. The van der Waals surface area contributed by atoms with Gasteiger partial charge in [-0.15, -0.1) is 18.3 Å². The molecule has 0 saturated carbocycles. The highest BCUT2D eigenvalue weighted by atomic mass is 32.2. The van der Waals surface area contributed by atoms with Crippen LogP contribution in [0.15, 0.2) is 85.5 Å². The number of carbonyl (C=O) groups excluding carboxylic acids is 3. The number of aryl methyl sites for hydroxylation is 1. The third kappa shape index (κ3) is 7.15. The summed E-state index contributed by atoms with van der Waals surface area (Å²) in [5.41, 5.74) is 9.48. The summed E-state index contributed by atoms with van der Waals surface area (Å²) in [7, 11) is 0. The Hall–Kier alpha value is -4.41. The lowest BCUT2D eigenvalue weighted by molar-refractivity contribution is -0.148. The first-order valence-electron chi connectivity index (χ1n) is 14.0. The lowest BCUT2D eigenvalue weighted by Gasteiger charge is -2.33. The Morgan fingerprint density at radius 1 is 1.14 bits per heavy atom. The van der Waals surface area contributed by atoms with Crippen LogP contribution in [-0.2, 0) is 22.6 Å². The Morgan fingerprint density at radius 2 is 1.84 bits per heavy atom. The minimum absolute atomic E-state index is 0.142. The molecule has 3 aromatic rings. The van der Waals surface area contributed by atoms with Gasteiger partial charge in [-0.3, -0.25) is 14.4 Å². The normalized spacial score (nSPS) is 18.3. The van der Waals surface area contributed by atoms with Gasteiger partial charge in [-0.25, -0.2) is 0 Å². The van der Waals surface area contributed by atoms with Crippen molar-refractivity contribution in [2.75, 3.05) is 11.6 Å². The van der Waals surface area contributed by atoms with Crippen molar-refractivity contribution in [3.05, 3.63) is 113 Å². The van der Waals surface area contributed by atoms with Crippen LogP contribution in [0.2, 0.25) is 0 Å². The summed E-state index contributed by atoms with van der Waals surface area (Å²) in [5, 5.41) is 21.8. The minimum Gasteiger partial charge on any atom is -0.398 e. The van der Waals surface area contributed by atoms with E-state index in [4.69, 9.17) is 11.1 Å². The lowest BCUT2D eigenvalue weighted by Crippen LogP contribution is -2.56. The molecule has 0 radical (unpaired) electrons. The monoisotopic (exact) mass is 599 g/mol. The molecule has 0 bridgehead atoms. The fourth-order valence-electron chi connectivity index (χ4n) is 5.09. The van der Waals surface area contributed by atoms with Crippen LogP contribution in [0.5, 0.6) is 0 Å². The molecule has 4 atom stereocenters. The van der Waals surface area contributed by atoms with Crippen LogP contribution < -0.4 is 11.1 Å². The highest BCUT2D eigenvalue weighted by molar-refractivity contribution is 7.99. The highest BCUT2D eigenvalue weighted by Crippen LogP contribution is 2.28. The zero-order valence-corrected chi connectivity index (χ0v) is 25.1. The number of thioether (sulfide) groups is 1. The fraction of sp³-hybridized carbons (Fsp3) is 0.273. The van der Waals surface area contributed by atoms with E-state index < -0.39 is 30.0 Å². The van der Waals surface area contributed by atoms with Crippen molar-refractivity contribution < 1.29 is 19.5 Å². The molecule has 9 nitrogen and oxygen atoms in total. The third-order valence-electron chi connectivity index (χ3n) is 7.65. The van der Waals surface area contributed by atoms with Crippen LogP contribution in [-0.4, -0.2) is 68.3 Å². The molecule has 224 valence electrons. The summed E-state index contributed by atoms with van der Waals surface area (Å²) in [6.45, 7) is 8.12. The van der Waals surface area contributed by atoms with Crippen molar-refractivity contribution in [2.24, 2.45) is 0 Å². The van der Waals surface area contributed by atoms with E-state index in [2.05, 4.69) is 11.9 Å². The number of anilines is 1. The molecule has 4 rings (SSSR count). The molecule has 0 aromatic heterocycles. The molecule has 43 heavy (non-hydrogen) atoms. The number of hydrogen-bond donors (Lipinski definition) is 4. The molecule has 10 heteroatoms.